The molecule has 0 atom stereocenters. The number of nitrogens with zero attached hydrogens (tertiary/aromatic N) is 2. The predicted molar refractivity (Wildman–Crippen MR) is 205 cm³/mol. The lowest BCUT2D eigenvalue weighted by Crippen LogP contribution is -2.13. The van der Waals surface area contributed by atoms with Crippen LogP contribution in [0.25, 0.3) is 23.3 Å². The molecule has 2 heteroatoms. The molecule has 5 rings (SSSR count). The molecule has 2 nitrogen and oxygen atoms in total. The number of hydrogen-bond acceptors (Lipinski definition) is 2. The Labute approximate surface area is 277 Å². The molecule has 0 aliphatic rings. The average molecular weight is 603 g/mol. The number of allylic oxidation sites excluding steroid dienone is 5. The first kappa shape index (κ1) is 33.6. The van der Waals surface area contributed by atoms with Crippen molar-refractivity contribution < 1.29 is 0 Å². The van der Waals surface area contributed by atoms with E-state index in [0.29, 0.717) is 0 Å². The minimum absolute atomic E-state index is 1.11. The second kappa shape index (κ2) is 17.2. The van der Waals surface area contributed by atoms with Crippen molar-refractivity contribution in [3.05, 3.63) is 175 Å². The quantitative estimate of drug-likeness (QED) is 0.147. The molecule has 5 aromatic carbocycles. The molecule has 0 bridgehead atoms. The zero-order valence-corrected chi connectivity index (χ0v) is 27.9. The Hall–Kier alpha value is -5.34. The fourth-order valence-corrected chi connectivity index (χ4v) is 5.40. The Morgan fingerprint density at radius 2 is 1.28 bits per heavy atom. The van der Waals surface area contributed by atoms with Gasteiger partial charge in [0.15, 0.2) is 0 Å². The minimum atomic E-state index is 1.11. The number of hydrogen-bond donors (Lipinski definition) is 0. The summed E-state index contributed by atoms with van der Waals surface area (Å²) in [4.78, 5) is 4.56. The Morgan fingerprint density at radius 3 is 1.96 bits per heavy atom. The first-order valence-corrected chi connectivity index (χ1v) is 16.0. The van der Waals surface area contributed by atoms with Gasteiger partial charge in [0.25, 0.3) is 0 Å². The molecule has 0 aliphatic heterocycles. The highest BCUT2D eigenvalue weighted by molar-refractivity contribution is 5.83. The molecule has 0 aromatic heterocycles. The van der Waals surface area contributed by atoms with Crippen LogP contribution in [0.1, 0.15) is 43.9 Å². The molecular formula is C44H46N2. The summed E-state index contributed by atoms with van der Waals surface area (Å²) in [5, 5.41) is 0. The first-order valence-electron chi connectivity index (χ1n) is 16.0. The van der Waals surface area contributed by atoms with E-state index in [1.807, 2.05) is 32.1 Å². The van der Waals surface area contributed by atoms with E-state index < -0.39 is 0 Å². The summed E-state index contributed by atoms with van der Waals surface area (Å²) in [5.74, 6) is 0. The number of aryl methyl sites for hydroxylation is 1. The van der Waals surface area contributed by atoms with Crippen molar-refractivity contribution in [3.8, 4) is 11.1 Å². The van der Waals surface area contributed by atoms with E-state index in [1.54, 1.807) is 0 Å². The van der Waals surface area contributed by atoms with Gasteiger partial charge in [-0.15, -0.1) is 0 Å². The minimum Gasteiger partial charge on any atom is -0.344 e. The van der Waals surface area contributed by atoms with Crippen molar-refractivity contribution in [1.82, 2.24) is 0 Å². The van der Waals surface area contributed by atoms with E-state index >= 15 is 0 Å². The van der Waals surface area contributed by atoms with Crippen LogP contribution in [-0.2, 0) is 0 Å². The van der Waals surface area contributed by atoms with Crippen LogP contribution in [0, 0.1) is 6.92 Å². The lowest BCUT2D eigenvalue weighted by molar-refractivity contribution is 1.19. The van der Waals surface area contributed by atoms with Crippen molar-refractivity contribution in [3.63, 3.8) is 0 Å². The molecule has 46 heavy (non-hydrogen) atoms. The van der Waals surface area contributed by atoms with Crippen molar-refractivity contribution >= 4 is 40.6 Å². The lowest BCUT2D eigenvalue weighted by atomic mass is 10.0. The molecule has 0 fully saturated rings. The van der Waals surface area contributed by atoms with Crippen molar-refractivity contribution in [2.24, 2.45) is 0 Å². The summed E-state index contributed by atoms with van der Waals surface area (Å²) in [5.41, 5.74) is 11.6. The SMILES string of the molecule is C/C=C\C=C/CC.C=Cc1c(/C=C\C)cccc1N(C)c1ccc(N(c2cccc(-c3ccccc3)c2)c2ccccc2C)cc1. The van der Waals surface area contributed by atoms with E-state index in [4.69, 9.17) is 0 Å². The second-order valence-corrected chi connectivity index (χ2v) is 11.0. The molecule has 0 radical (unpaired) electrons. The maximum atomic E-state index is 4.08. The van der Waals surface area contributed by atoms with Crippen LogP contribution in [0.3, 0.4) is 0 Å². The Bertz CT molecular complexity index is 1780. The van der Waals surface area contributed by atoms with Crippen molar-refractivity contribution in [2.45, 2.75) is 34.1 Å². The molecule has 0 saturated carbocycles. The zero-order chi connectivity index (χ0) is 32.7. The van der Waals surface area contributed by atoms with Gasteiger partial charge in [-0.2, -0.15) is 0 Å². The van der Waals surface area contributed by atoms with Crippen LogP contribution >= 0.6 is 0 Å². The molecule has 0 N–H and O–H groups in total. The van der Waals surface area contributed by atoms with Gasteiger partial charge in [-0.25, -0.2) is 0 Å². The van der Waals surface area contributed by atoms with Gasteiger partial charge in [-0.3, -0.25) is 0 Å². The summed E-state index contributed by atoms with van der Waals surface area (Å²) < 4.78 is 0. The fraction of sp³-hybridized carbons (Fsp3) is 0.136. The third-order valence-corrected chi connectivity index (χ3v) is 7.77. The van der Waals surface area contributed by atoms with Crippen LogP contribution in [0.4, 0.5) is 28.4 Å². The van der Waals surface area contributed by atoms with Crippen LogP contribution in [0.5, 0.6) is 0 Å². The van der Waals surface area contributed by atoms with Crippen LogP contribution < -0.4 is 9.80 Å². The monoisotopic (exact) mass is 602 g/mol. The molecule has 0 heterocycles. The summed E-state index contributed by atoms with van der Waals surface area (Å²) >= 11 is 0. The van der Waals surface area contributed by atoms with Gasteiger partial charge in [-0.05, 0) is 98.0 Å². The topological polar surface area (TPSA) is 6.48 Å². The van der Waals surface area contributed by atoms with Gasteiger partial charge >= 0.3 is 0 Å². The predicted octanol–water partition coefficient (Wildman–Crippen LogP) is 13.1. The molecule has 232 valence electrons. The van der Waals surface area contributed by atoms with Gasteiger partial charge in [-0.1, -0.05) is 129 Å². The molecule has 5 aromatic rings. The van der Waals surface area contributed by atoms with Gasteiger partial charge in [0.2, 0.25) is 0 Å². The van der Waals surface area contributed by atoms with E-state index in [2.05, 4.69) is 183 Å². The number of benzene rings is 5. The van der Waals surface area contributed by atoms with Gasteiger partial charge in [0.05, 0.1) is 0 Å². The number of para-hydroxylation sites is 1. The second-order valence-electron chi connectivity index (χ2n) is 11.0. The number of rotatable bonds is 10. The van der Waals surface area contributed by atoms with Crippen LogP contribution in [-0.4, -0.2) is 7.05 Å². The molecule has 0 amide bonds. The normalized spacial score (nSPS) is 11.1. The highest BCUT2D eigenvalue weighted by Crippen LogP contribution is 2.39. The summed E-state index contributed by atoms with van der Waals surface area (Å²) in [6, 6.07) is 43.0. The van der Waals surface area contributed by atoms with Gasteiger partial charge in [0.1, 0.15) is 0 Å². The van der Waals surface area contributed by atoms with E-state index in [-0.39, 0.29) is 0 Å². The maximum Gasteiger partial charge on any atom is 0.0490 e. The van der Waals surface area contributed by atoms with Gasteiger partial charge in [0, 0.05) is 41.0 Å². The zero-order valence-electron chi connectivity index (χ0n) is 27.9. The fourth-order valence-electron chi connectivity index (χ4n) is 5.40. The standard InChI is InChI=1S/C37H34N2.C7H12/c1-5-14-30-18-13-22-37(35(30)6-2)38(4)32-23-25-33(26-24-32)39(36-21-11-10-15-28(36)3)34-20-12-19-31(27-34)29-16-8-7-9-17-29;1-3-5-7-6-4-2/h5-27H,2H2,1,3-4H3;3,5-7H,4H2,1-2H3/b14-5-;5-3-,7-6-. The van der Waals surface area contributed by atoms with E-state index in [0.717, 1.165) is 46.0 Å². The van der Waals surface area contributed by atoms with E-state index in [1.165, 1.54) is 16.7 Å². The largest absolute Gasteiger partial charge is 0.344 e. The summed E-state index contributed by atoms with van der Waals surface area (Å²) in [6.45, 7) is 12.4. The molecule has 0 spiro atoms. The first-order chi connectivity index (χ1) is 22.5. The maximum absolute atomic E-state index is 4.08. The van der Waals surface area contributed by atoms with Crippen LogP contribution in [0.2, 0.25) is 0 Å². The molecule has 0 saturated heterocycles. The summed E-state index contributed by atoms with van der Waals surface area (Å²) in [6.07, 6.45) is 15.5. The third kappa shape index (κ3) is 8.43. The number of anilines is 5. The third-order valence-electron chi connectivity index (χ3n) is 7.77. The van der Waals surface area contributed by atoms with Crippen molar-refractivity contribution in [1.29, 1.82) is 0 Å². The smallest absolute Gasteiger partial charge is 0.0490 e. The van der Waals surface area contributed by atoms with Crippen molar-refractivity contribution in [2.75, 3.05) is 16.8 Å². The molecule has 0 aliphatic carbocycles. The van der Waals surface area contributed by atoms with Gasteiger partial charge < -0.3 is 9.80 Å². The summed E-state index contributed by atoms with van der Waals surface area (Å²) in [7, 11) is 2.11. The Morgan fingerprint density at radius 1 is 0.630 bits per heavy atom. The Balaban J connectivity index is 0.000000617. The van der Waals surface area contributed by atoms with Crippen LogP contribution in [0.15, 0.2) is 158 Å². The highest BCUT2D eigenvalue weighted by atomic mass is 15.1. The highest BCUT2D eigenvalue weighted by Gasteiger charge is 2.16. The average Bonchev–Trinajstić information content (AvgIpc) is 3.10. The van der Waals surface area contributed by atoms with E-state index in [9.17, 15) is 0 Å². The molecular weight excluding hydrogens is 556 g/mol. The lowest BCUT2D eigenvalue weighted by Gasteiger charge is -2.28. The molecule has 0 unspecified atom stereocenters. The Kier molecular flexibility index (Phi) is 12.6.